The van der Waals surface area contributed by atoms with E-state index in [1.54, 1.807) is 0 Å². The van der Waals surface area contributed by atoms with Gasteiger partial charge in [-0.1, -0.05) is 0 Å². The third kappa shape index (κ3) is 1.98. The van der Waals surface area contributed by atoms with Crippen molar-refractivity contribution in [1.82, 2.24) is 10.8 Å². The number of hydrogen-bond acceptors (Lipinski definition) is 2. The first-order chi connectivity index (χ1) is 1.91. The van der Waals surface area contributed by atoms with Crippen molar-refractivity contribution >= 4 is 7.98 Å². The monoisotopic (exact) mass is 58.1 g/mol. The van der Waals surface area contributed by atoms with Crippen LogP contribution in [0.15, 0.2) is 0 Å². The molecular formula is CH7BN2. The zero-order chi connectivity index (χ0) is 3.41. The van der Waals surface area contributed by atoms with Crippen LogP contribution < -0.4 is 10.8 Å². The summed E-state index contributed by atoms with van der Waals surface area (Å²) in [6.07, 6.45) is 0. The minimum absolute atomic E-state index is 1.82. The summed E-state index contributed by atoms with van der Waals surface area (Å²) in [5, 5.41) is 2.68. The average molecular weight is 57.9 g/mol. The van der Waals surface area contributed by atoms with Crippen LogP contribution in [0.5, 0.6) is 0 Å². The maximum Gasteiger partial charge on any atom is 0.201 e. The SMILES string of the molecule is BNNC. The molecule has 0 bridgehead atoms. The van der Waals surface area contributed by atoms with Gasteiger partial charge in [-0.15, -0.1) is 0 Å². The molecule has 0 aliphatic carbocycles. The lowest BCUT2D eigenvalue weighted by atomic mass is 10.5. The van der Waals surface area contributed by atoms with Gasteiger partial charge in [-0.2, -0.15) is 0 Å². The van der Waals surface area contributed by atoms with Crippen molar-refractivity contribution in [2.24, 2.45) is 0 Å². The highest BCUT2D eigenvalue weighted by atomic mass is 15.3. The Bertz CT molecular complexity index is 8.00. The van der Waals surface area contributed by atoms with Crippen molar-refractivity contribution in [2.75, 3.05) is 7.05 Å². The molecule has 0 saturated carbocycles. The molecule has 0 aromatic carbocycles. The summed E-state index contributed by atoms with van der Waals surface area (Å²) in [4.78, 5) is 0. The van der Waals surface area contributed by atoms with Gasteiger partial charge < -0.3 is 5.34 Å². The second-order valence-electron chi connectivity index (χ2n) is 0.500. The molecule has 0 heterocycles. The van der Waals surface area contributed by atoms with Crippen LogP contribution in [0, 0.1) is 0 Å². The summed E-state index contributed by atoms with van der Waals surface area (Å²) < 4.78 is 0. The molecule has 2 nitrogen and oxygen atoms in total. The smallest absolute Gasteiger partial charge is 0.201 e. The van der Waals surface area contributed by atoms with Gasteiger partial charge in [0.2, 0.25) is 7.98 Å². The third-order valence-electron chi connectivity index (χ3n) is 0.250. The van der Waals surface area contributed by atoms with E-state index in [-0.39, 0.29) is 0 Å². The second kappa shape index (κ2) is 2.98. The zero-order valence-electron chi connectivity index (χ0n) is 3.00. The van der Waals surface area contributed by atoms with Gasteiger partial charge >= 0.3 is 0 Å². The van der Waals surface area contributed by atoms with E-state index in [0.29, 0.717) is 0 Å². The fourth-order valence-corrected chi connectivity index (χ4v) is 0. The van der Waals surface area contributed by atoms with E-state index in [2.05, 4.69) is 10.8 Å². The Morgan fingerprint density at radius 1 is 1.75 bits per heavy atom. The van der Waals surface area contributed by atoms with Crippen molar-refractivity contribution in [3.8, 4) is 0 Å². The number of hydrogen-bond donors (Lipinski definition) is 2. The topological polar surface area (TPSA) is 24.1 Å². The van der Waals surface area contributed by atoms with Crippen LogP contribution in [0.4, 0.5) is 0 Å². The Morgan fingerprint density at radius 3 is 2.00 bits per heavy atom. The fraction of sp³-hybridized carbons (Fsp3) is 1.00. The Morgan fingerprint density at radius 2 is 2.00 bits per heavy atom. The van der Waals surface area contributed by atoms with Gasteiger partial charge in [0.15, 0.2) is 0 Å². The minimum atomic E-state index is 1.82. The molecule has 0 saturated heterocycles. The molecule has 3 heteroatoms. The number of hydrazine groups is 1. The molecular weight excluding hydrogens is 50.8 g/mol. The van der Waals surface area contributed by atoms with E-state index in [1.807, 2.05) is 15.0 Å². The van der Waals surface area contributed by atoms with Crippen molar-refractivity contribution in [1.29, 1.82) is 0 Å². The highest BCUT2D eigenvalue weighted by Crippen LogP contribution is 1.04. The molecule has 4 heavy (non-hydrogen) atoms. The average Bonchev–Trinajstić information content (AvgIpc) is 1.37. The lowest BCUT2D eigenvalue weighted by Crippen LogP contribution is -2.23. The number of rotatable bonds is 1. The first-order valence-corrected chi connectivity index (χ1v) is 1.25. The van der Waals surface area contributed by atoms with Crippen molar-refractivity contribution in [3.05, 3.63) is 0 Å². The normalized spacial score (nSPS) is 7.25. The molecule has 24 valence electrons. The standard InChI is InChI=1S/CH7BN2/c1-3-4-2/h3-4H,2H2,1H3. The van der Waals surface area contributed by atoms with Crippen molar-refractivity contribution < 1.29 is 0 Å². The molecule has 0 aromatic rings. The molecule has 0 atom stereocenters. The first kappa shape index (κ1) is 3.98. The molecule has 2 N–H and O–H groups in total. The predicted octanol–water partition coefficient (Wildman–Crippen LogP) is -1.74. The van der Waals surface area contributed by atoms with Crippen LogP contribution in [0.1, 0.15) is 0 Å². The van der Waals surface area contributed by atoms with E-state index >= 15 is 0 Å². The van der Waals surface area contributed by atoms with Crippen LogP contribution >= 0.6 is 0 Å². The summed E-state index contributed by atoms with van der Waals surface area (Å²) in [5.74, 6) is 0. The van der Waals surface area contributed by atoms with Crippen LogP contribution in [-0.4, -0.2) is 15.0 Å². The highest BCUT2D eigenvalue weighted by Gasteiger charge is 1.46. The van der Waals surface area contributed by atoms with Gasteiger partial charge in [0.25, 0.3) is 0 Å². The summed E-state index contributed by atoms with van der Waals surface area (Å²) in [6, 6.07) is 0. The van der Waals surface area contributed by atoms with Crippen LogP contribution in [0.2, 0.25) is 0 Å². The van der Waals surface area contributed by atoms with E-state index < -0.39 is 0 Å². The summed E-state index contributed by atoms with van der Waals surface area (Å²) in [7, 11) is 3.64. The summed E-state index contributed by atoms with van der Waals surface area (Å²) >= 11 is 0. The Hall–Kier alpha value is -0.0151. The van der Waals surface area contributed by atoms with Crippen molar-refractivity contribution in [2.45, 2.75) is 0 Å². The van der Waals surface area contributed by atoms with Crippen LogP contribution in [0.3, 0.4) is 0 Å². The molecule has 0 aromatic heterocycles. The molecule has 0 aliphatic heterocycles. The summed E-state index contributed by atoms with van der Waals surface area (Å²) in [6.45, 7) is 0. The largest absolute Gasteiger partial charge is 0.306 e. The van der Waals surface area contributed by atoms with E-state index in [4.69, 9.17) is 0 Å². The van der Waals surface area contributed by atoms with Gasteiger partial charge in [0.05, 0.1) is 0 Å². The molecule has 0 rings (SSSR count). The maximum absolute atomic E-state index is 2.68. The third-order valence-corrected chi connectivity index (χ3v) is 0.250. The Labute approximate surface area is 27.0 Å². The van der Waals surface area contributed by atoms with Crippen LogP contribution in [0.25, 0.3) is 0 Å². The quantitative estimate of drug-likeness (QED) is 0.276. The van der Waals surface area contributed by atoms with Gasteiger partial charge in [-0.05, 0) is 7.05 Å². The molecule has 0 amide bonds. The maximum atomic E-state index is 2.68. The zero-order valence-corrected chi connectivity index (χ0v) is 3.00. The molecule has 0 radical (unpaired) electrons. The lowest BCUT2D eigenvalue weighted by Gasteiger charge is -1.81. The highest BCUT2D eigenvalue weighted by molar-refractivity contribution is 6.03. The predicted molar refractivity (Wildman–Crippen MR) is 20.7 cm³/mol. The fourth-order valence-electron chi connectivity index (χ4n) is 0. The van der Waals surface area contributed by atoms with Gasteiger partial charge in [-0.3, -0.25) is 5.43 Å². The molecule has 0 fully saturated rings. The first-order valence-electron chi connectivity index (χ1n) is 1.25. The van der Waals surface area contributed by atoms with E-state index in [0.717, 1.165) is 0 Å². The molecule has 0 spiro atoms. The number of nitrogens with one attached hydrogen (secondary N) is 2. The van der Waals surface area contributed by atoms with Crippen molar-refractivity contribution in [3.63, 3.8) is 0 Å². The minimum Gasteiger partial charge on any atom is -0.306 e. The van der Waals surface area contributed by atoms with Crippen LogP contribution in [-0.2, 0) is 0 Å². The van der Waals surface area contributed by atoms with Gasteiger partial charge in [-0.25, -0.2) is 0 Å². The Balaban J connectivity index is 1.97. The Kier molecular flexibility index (Phi) is 2.97. The van der Waals surface area contributed by atoms with Gasteiger partial charge in [0.1, 0.15) is 0 Å². The second-order valence-corrected chi connectivity index (χ2v) is 0.500. The van der Waals surface area contributed by atoms with E-state index in [9.17, 15) is 0 Å². The summed E-state index contributed by atoms with van der Waals surface area (Å²) in [5.41, 5.74) is 2.68. The molecule has 0 unspecified atom stereocenters. The van der Waals surface area contributed by atoms with Gasteiger partial charge in [0, 0.05) is 0 Å². The van der Waals surface area contributed by atoms with E-state index in [1.165, 1.54) is 0 Å². The lowest BCUT2D eigenvalue weighted by molar-refractivity contribution is 0.804. The molecule has 0 aliphatic rings.